The van der Waals surface area contributed by atoms with Crippen LogP contribution in [-0.2, 0) is 0 Å². The van der Waals surface area contributed by atoms with Crippen LogP contribution in [0.2, 0.25) is 10.0 Å². The van der Waals surface area contributed by atoms with E-state index in [-0.39, 0.29) is 0 Å². The van der Waals surface area contributed by atoms with Crippen LogP contribution in [0.5, 0.6) is 0 Å². The average molecular weight is 510 g/mol. The first-order valence-corrected chi connectivity index (χ1v) is 12.3. The molecule has 0 atom stereocenters. The molecule has 0 saturated carbocycles. The average Bonchev–Trinajstić information content (AvgIpc) is 2.87. The van der Waals surface area contributed by atoms with Crippen molar-refractivity contribution in [2.75, 3.05) is 5.43 Å². The lowest BCUT2D eigenvalue weighted by molar-refractivity contribution is 1.03. The number of aromatic nitrogens is 2. The van der Waals surface area contributed by atoms with Gasteiger partial charge in [-0.3, -0.25) is 5.43 Å². The molecule has 0 aliphatic carbocycles. The molecule has 6 heteroatoms. The Morgan fingerprint density at radius 1 is 1.00 bits per heavy atom. The van der Waals surface area contributed by atoms with Gasteiger partial charge >= 0.3 is 0 Å². The van der Waals surface area contributed by atoms with Gasteiger partial charge in [-0.25, -0.2) is 0 Å². The zero-order valence-electron chi connectivity index (χ0n) is 21.1. The lowest BCUT2D eigenvalue weighted by atomic mass is 10.00. The van der Waals surface area contributed by atoms with Crippen molar-refractivity contribution in [2.24, 2.45) is 5.10 Å². The summed E-state index contributed by atoms with van der Waals surface area (Å²) in [6.07, 6.45) is 10.5. The molecule has 0 radical (unpaired) electrons. The number of halogens is 2. The van der Waals surface area contributed by atoms with Crippen molar-refractivity contribution in [1.29, 1.82) is 0 Å². The van der Waals surface area contributed by atoms with Crippen molar-refractivity contribution in [1.82, 2.24) is 10.2 Å². The Kier molecular flexibility index (Phi) is 14.7. The Labute approximate surface area is 220 Å². The molecule has 184 valence electrons. The summed E-state index contributed by atoms with van der Waals surface area (Å²) in [7, 11) is 0. The first-order valence-electron chi connectivity index (χ1n) is 11.6. The summed E-state index contributed by atoms with van der Waals surface area (Å²) < 4.78 is 0. The maximum absolute atomic E-state index is 6.36. The molecule has 4 nitrogen and oxygen atoms in total. The minimum Gasteiger partial charge on any atom is -0.260 e. The highest BCUT2D eigenvalue weighted by Crippen LogP contribution is 2.35. The highest BCUT2D eigenvalue weighted by atomic mass is 35.5. The second-order valence-corrected chi connectivity index (χ2v) is 7.89. The number of hydrogen-bond acceptors (Lipinski definition) is 4. The van der Waals surface area contributed by atoms with Gasteiger partial charge in [0.1, 0.15) is 5.69 Å². The zero-order chi connectivity index (χ0) is 26.1. The van der Waals surface area contributed by atoms with E-state index in [9.17, 15) is 0 Å². The summed E-state index contributed by atoms with van der Waals surface area (Å²) in [5.41, 5.74) is 7.38. The minimum atomic E-state index is 0.561. The second kappa shape index (κ2) is 17.3. The molecule has 0 spiro atoms. The van der Waals surface area contributed by atoms with E-state index in [1.807, 2.05) is 114 Å². The number of nitrogens with one attached hydrogen (secondary N) is 1. The molecule has 0 aliphatic rings. The topological polar surface area (TPSA) is 50.2 Å². The van der Waals surface area contributed by atoms with E-state index < -0.39 is 0 Å². The van der Waals surface area contributed by atoms with E-state index in [1.165, 1.54) is 0 Å². The monoisotopic (exact) mass is 508 g/mol. The number of allylic oxidation sites excluding steroid dienone is 5. The maximum Gasteiger partial charge on any atom is 0.169 e. The molecule has 1 N–H and O–H groups in total. The van der Waals surface area contributed by atoms with E-state index in [4.69, 9.17) is 23.2 Å². The number of hydrazone groups is 1. The van der Waals surface area contributed by atoms with Gasteiger partial charge in [-0.2, -0.15) is 5.10 Å². The van der Waals surface area contributed by atoms with Gasteiger partial charge in [0.15, 0.2) is 5.82 Å². The predicted octanol–water partition coefficient (Wildman–Crippen LogP) is 9.65. The Morgan fingerprint density at radius 2 is 1.69 bits per heavy atom. The van der Waals surface area contributed by atoms with Gasteiger partial charge in [0.25, 0.3) is 0 Å². The number of rotatable bonds is 7. The second-order valence-electron chi connectivity index (χ2n) is 7.04. The Morgan fingerprint density at radius 3 is 2.29 bits per heavy atom. The first kappa shape index (κ1) is 29.8. The molecule has 1 aromatic heterocycles. The van der Waals surface area contributed by atoms with Crippen molar-refractivity contribution in [3.8, 4) is 22.4 Å². The fourth-order valence-corrected chi connectivity index (χ4v) is 3.03. The number of nitrogens with zero attached hydrogens (tertiary/aromatic N) is 3. The number of anilines is 1. The normalized spacial score (nSPS) is 10.6. The third-order valence-corrected chi connectivity index (χ3v) is 4.80. The van der Waals surface area contributed by atoms with Crippen molar-refractivity contribution < 1.29 is 0 Å². The highest BCUT2D eigenvalue weighted by molar-refractivity contribution is 6.33. The molecule has 35 heavy (non-hydrogen) atoms. The quantitative estimate of drug-likeness (QED) is 0.196. The fraction of sp³-hybridized carbons (Fsp3) is 0.207. The van der Waals surface area contributed by atoms with Gasteiger partial charge in [-0.05, 0) is 50.1 Å². The minimum absolute atomic E-state index is 0.561. The Bertz CT molecular complexity index is 1130. The van der Waals surface area contributed by atoms with Crippen LogP contribution in [0.15, 0.2) is 96.2 Å². The molecule has 1 heterocycles. The van der Waals surface area contributed by atoms with Crippen LogP contribution in [0, 0.1) is 0 Å². The van der Waals surface area contributed by atoms with E-state index in [2.05, 4.69) is 27.3 Å². The highest BCUT2D eigenvalue weighted by Gasteiger charge is 2.14. The van der Waals surface area contributed by atoms with Crippen LogP contribution >= 0.6 is 23.2 Å². The van der Waals surface area contributed by atoms with Gasteiger partial charge < -0.3 is 0 Å². The largest absolute Gasteiger partial charge is 0.260 e. The van der Waals surface area contributed by atoms with E-state index >= 15 is 0 Å². The summed E-state index contributed by atoms with van der Waals surface area (Å²) in [4.78, 5) is 0. The number of hydrogen-bond donors (Lipinski definition) is 1. The van der Waals surface area contributed by atoms with Crippen molar-refractivity contribution in [3.05, 3.63) is 101 Å². The van der Waals surface area contributed by atoms with E-state index in [1.54, 1.807) is 6.21 Å². The van der Waals surface area contributed by atoms with Gasteiger partial charge in [0.05, 0.1) is 5.02 Å². The van der Waals surface area contributed by atoms with Gasteiger partial charge in [0.2, 0.25) is 0 Å². The van der Waals surface area contributed by atoms with Crippen LogP contribution < -0.4 is 5.43 Å². The summed E-state index contributed by atoms with van der Waals surface area (Å²) >= 11 is 12.4. The molecule has 0 fully saturated rings. The Hall–Kier alpha value is -3.21. The first-order chi connectivity index (χ1) is 17.0. The molecule has 3 aromatic rings. The van der Waals surface area contributed by atoms with Crippen LogP contribution in [0.25, 0.3) is 22.4 Å². The van der Waals surface area contributed by atoms with Gasteiger partial charge in [-0.15, -0.1) is 10.2 Å². The Balaban J connectivity index is 0.000000523. The molecule has 0 bridgehead atoms. The van der Waals surface area contributed by atoms with Crippen LogP contribution in [0.1, 0.15) is 41.0 Å². The molecule has 0 amide bonds. The lowest BCUT2D eigenvalue weighted by Crippen LogP contribution is -1.99. The molecule has 0 saturated heterocycles. The van der Waals surface area contributed by atoms with E-state index in [0.29, 0.717) is 21.6 Å². The summed E-state index contributed by atoms with van der Waals surface area (Å²) in [5.74, 6) is 0.561. The van der Waals surface area contributed by atoms with Gasteiger partial charge in [0, 0.05) is 22.4 Å². The smallest absolute Gasteiger partial charge is 0.169 e. The van der Waals surface area contributed by atoms with Crippen LogP contribution in [-0.4, -0.2) is 16.4 Å². The predicted molar refractivity (Wildman–Crippen MR) is 155 cm³/mol. The third-order valence-electron chi connectivity index (χ3n) is 4.22. The zero-order valence-corrected chi connectivity index (χ0v) is 22.6. The molecular weight excluding hydrogens is 475 g/mol. The molecule has 0 aliphatic heterocycles. The van der Waals surface area contributed by atoms with Crippen LogP contribution in [0.4, 0.5) is 5.82 Å². The number of benzene rings is 2. The standard InChI is InChI=1S/C19H16Cl2N4.C8H12.C2H6/c1-2-11-22-23-18-12-16(13-7-9-14(20)10-8-13)19(25-24-18)15-5-3-4-6-17(15)21;1-4-5-6-7-8(2)3;1-2/h3-12H,2H2,1H3,(H,23,24);4-7H,2H2,1,3H3;1-2H3/b22-11+;5-4-,7-6-;. The van der Waals surface area contributed by atoms with Crippen LogP contribution in [0.3, 0.4) is 0 Å². The molecule has 3 rings (SSSR count). The van der Waals surface area contributed by atoms with Crippen molar-refractivity contribution >= 4 is 35.2 Å². The third kappa shape index (κ3) is 10.7. The molecule has 0 unspecified atom stereocenters. The van der Waals surface area contributed by atoms with Gasteiger partial charge in [-0.1, -0.05) is 111 Å². The van der Waals surface area contributed by atoms with Crippen molar-refractivity contribution in [3.63, 3.8) is 0 Å². The van der Waals surface area contributed by atoms with E-state index in [0.717, 1.165) is 28.7 Å². The summed E-state index contributed by atoms with van der Waals surface area (Å²) in [5, 5.41) is 14.0. The van der Waals surface area contributed by atoms with Crippen molar-refractivity contribution in [2.45, 2.75) is 41.0 Å². The fourth-order valence-electron chi connectivity index (χ4n) is 2.68. The SMILES string of the molecule is C=C(C)/C=C\C=C/C.CC.CC/C=N/Nc1cc(-c2ccc(Cl)cc2)c(-c2ccccc2Cl)nn1. The molecular formula is C29H34Cl2N4. The summed E-state index contributed by atoms with van der Waals surface area (Å²) in [6, 6.07) is 17.0. The maximum atomic E-state index is 6.36. The molecule has 2 aromatic carbocycles. The summed E-state index contributed by atoms with van der Waals surface area (Å²) in [6.45, 7) is 13.7. The lowest BCUT2D eigenvalue weighted by Gasteiger charge is -2.11.